The van der Waals surface area contributed by atoms with Gasteiger partial charge in [-0.15, -0.1) is 0 Å². The highest BCUT2D eigenvalue weighted by atomic mass is 19.3. The minimum Gasteiger partial charge on any atom is -0.287 e. The molecule has 0 bridgehead atoms. The number of ketones is 1. The molecule has 0 N–H and O–H groups in total. The number of alkyl halides is 2. The lowest BCUT2D eigenvalue weighted by Gasteiger charge is -2.15. The minimum absolute atomic E-state index is 0.381. The van der Waals surface area contributed by atoms with E-state index >= 15 is 0 Å². The van der Waals surface area contributed by atoms with Crippen molar-refractivity contribution in [3.63, 3.8) is 0 Å². The lowest BCUT2D eigenvalue weighted by molar-refractivity contribution is 0.00425. The maximum atomic E-state index is 14.0. The Morgan fingerprint density at radius 2 is 1.58 bits per heavy atom. The number of pyridine rings is 1. The number of hydrogen-bond donors (Lipinski definition) is 0. The summed E-state index contributed by atoms with van der Waals surface area (Å²) in [5.74, 6) is -8.02. The van der Waals surface area contributed by atoms with Gasteiger partial charge in [0.15, 0.2) is 0 Å². The molecule has 132 valence electrons. The lowest BCUT2D eigenvalue weighted by Crippen LogP contribution is -2.28. The largest absolute Gasteiger partial charge is 0.351 e. The van der Waals surface area contributed by atoms with E-state index in [-0.39, 0.29) is 0 Å². The number of Topliss-reactive ketones (excluding diaryl/α,β-unsaturated/α-hetero) is 1. The molecule has 2 rings (SSSR count). The molecule has 24 heavy (non-hydrogen) atoms. The van der Waals surface area contributed by atoms with Gasteiger partial charge in [-0.1, -0.05) is 33.8 Å². The van der Waals surface area contributed by atoms with Crippen LogP contribution >= 0.6 is 0 Å². The second kappa shape index (κ2) is 9.80. The molecular formula is C18H21F4NO. The number of carbonyl (C=O) groups is 1. The number of hydrogen-bond acceptors (Lipinski definition) is 2. The Labute approximate surface area is 139 Å². The van der Waals surface area contributed by atoms with Gasteiger partial charge in [0.1, 0.15) is 17.3 Å². The van der Waals surface area contributed by atoms with E-state index in [0.29, 0.717) is 17.7 Å². The number of rotatable bonds is 3. The molecule has 2 aromatic rings. The zero-order chi connectivity index (χ0) is 18.9. The molecule has 0 atom stereocenters. The first-order valence-corrected chi connectivity index (χ1v) is 7.63. The van der Waals surface area contributed by atoms with Gasteiger partial charge in [0.05, 0.1) is 5.56 Å². The van der Waals surface area contributed by atoms with Gasteiger partial charge in [0.25, 0.3) is 0 Å². The molecular weight excluding hydrogens is 322 g/mol. The maximum Gasteiger partial charge on any atom is 0.351 e. The number of carbonyl (C=O) groups excluding carboxylic acids is 1. The van der Waals surface area contributed by atoms with Crippen LogP contribution in [0.5, 0.6) is 0 Å². The second-order valence-electron chi connectivity index (χ2n) is 4.25. The summed E-state index contributed by atoms with van der Waals surface area (Å²) in [6, 6.07) is 4.18. The molecule has 1 heterocycles. The lowest BCUT2D eigenvalue weighted by atomic mass is 10.0. The first-order chi connectivity index (χ1) is 11.3. The number of halogens is 4. The second-order valence-corrected chi connectivity index (χ2v) is 4.25. The van der Waals surface area contributed by atoms with Crippen molar-refractivity contribution in [1.29, 1.82) is 0 Å². The molecule has 0 aliphatic carbocycles. The zero-order valence-electron chi connectivity index (χ0n) is 14.3. The highest BCUT2D eigenvalue weighted by Crippen LogP contribution is 2.31. The highest BCUT2D eigenvalue weighted by Gasteiger charge is 2.43. The first-order valence-electron chi connectivity index (χ1n) is 7.63. The van der Waals surface area contributed by atoms with Crippen molar-refractivity contribution in [1.82, 2.24) is 4.98 Å². The maximum absolute atomic E-state index is 14.0. The molecule has 0 saturated heterocycles. The highest BCUT2D eigenvalue weighted by molar-refractivity contribution is 6.01. The summed E-state index contributed by atoms with van der Waals surface area (Å²) in [7, 11) is 0. The molecule has 1 aromatic heterocycles. The Bertz CT molecular complexity index is 655. The SMILES string of the molecule is CC.CC.Cc1ccc(C(F)(F)C(=O)c2ccc(F)cc2F)nc1. The molecule has 0 unspecified atom stereocenters. The van der Waals surface area contributed by atoms with Crippen LogP contribution in [-0.4, -0.2) is 10.8 Å². The van der Waals surface area contributed by atoms with Crippen LogP contribution in [0.4, 0.5) is 17.6 Å². The fourth-order valence-corrected chi connectivity index (χ4v) is 1.61. The summed E-state index contributed by atoms with van der Waals surface area (Å²) in [6.45, 7) is 9.65. The third kappa shape index (κ3) is 5.15. The van der Waals surface area contributed by atoms with Crippen LogP contribution < -0.4 is 0 Å². The van der Waals surface area contributed by atoms with Gasteiger partial charge in [-0.25, -0.2) is 8.78 Å². The number of aromatic nitrogens is 1. The standard InChI is InChI=1S/C14H9F4NO.2C2H6/c1-8-2-5-12(19-7-8)14(17,18)13(20)10-4-3-9(15)6-11(10)16;2*1-2/h2-7H,1H3;2*1-2H3. The fraction of sp³-hybridized carbons (Fsp3) is 0.333. The van der Waals surface area contributed by atoms with E-state index in [2.05, 4.69) is 4.98 Å². The summed E-state index contributed by atoms with van der Waals surface area (Å²) in [5, 5.41) is 0. The van der Waals surface area contributed by atoms with E-state index in [1.165, 1.54) is 12.3 Å². The van der Waals surface area contributed by atoms with Crippen LogP contribution in [0.3, 0.4) is 0 Å². The number of aryl methyl sites for hydroxylation is 1. The number of nitrogens with zero attached hydrogens (tertiary/aromatic N) is 1. The predicted octanol–water partition coefficient (Wildman–Crippen LogP) is 5.70. The van der Waals surface area contributed by atoms with Crippen molar-refractivity contribution >= 4 is 5.78 Å². The van der Waals surface area contributed by atoms with E-state index in [4.69, 9.17) is 0 Å². The predicted molar refractivity (Wildman–Crippen MR) is 86.3 cm³/mol. The smallest absolute Gasteiger partial charge is 0.287 e. The molecule has 2 nitrogen and oxygen atoms in total. The van der Waals surface area contributed by atoms with E-state index in [1.807, 2.05) is 27.7 Å². The Hall–Kier alpha value is -2.24. The first kappa shape index (κ1) is 21.8. The summed E-state index contributed by atoms with van der Waals surface area (Å²) < 4.78 is 54.1. The van der Waals surface area contributed by atoms with E-state index in [1.54, 1.807) is 6.92 Å². The van der Waals surface area contributed by atoms with Crippen molar-refractivity contribution in [2.24, 2.45) is 0 Å². The Balaban J connectivity index is 0.00000123. The van der Waals surface area contributed by atoms with Gasteiger partial charge in [-0.3, -0.25) is 9.78 Å². The average molecular weight is 343 g/mol. The van der Waals surface area contributed by atoms with Gasteiger partial charge >= 0.3 is 5.92 Å². The van der Waals surface area contributed by atoms with Crippen LogP contribution in [0.15, 0.2) is 36.5 Å². The normalized spacial score (nSPS) is 10.0. The van der Waals surface area contributed by atoms with Crippen LogP contribution in [0.2, 0.25) is 0 Å². The molecule has 0 radical (unpaired) electrons. The van der Waals surface area contributed by atoms with Crippen LogP contribution in [0, 0.1) is 18.6 Å². The quantitative estimate of drug-likeness (QED) is 0.529. The Morgan fingerprint density at radius 3 is 2.04 bits per heavy atom. The molecule has 1 aromatic carbocycles. The van der Waals surface area contributed by atoms with Gasteiger partial charge in [0.2, 0.25) is 5.78 Å². The average Bonchev–Trinajstić information content (AvgIpc) is 2.58. The third-order valence-electron chi connectivity index (χ3n) is 2.69. The Kier molecular flexibility index (Phi) is 8.89. The summed E-state index contributed by atoms with van der Waals surface area (Å²) >= 11 is 0. The van der Waals surface area contributed by atoms with Gasteiger partial charge in [0, 0.05) is 12.3 Å². The topological polar surface area (TPSA) is 30.0 Å². The van der Waals surface area contributed by atoms with Gasteiger partial charge in [-0.05, 0) is 30.7 Å². The van der Waals surface area contributed by atoms with Gasteiger partial charge in [-0.2, -0.15) is 8.78 Å². The molecule has 0 fully saturated rings. The van der Waals surface area contributed by atoms with E-state index in [0.717, 1.165) is 12.1 Å². The minimum atomic E-state index is -3.98. The van der Waals surface area contributed by atoms with Crippen molar-refractivity contribution in [3.05, 3.63) is 65.0 Å². The van der Waals surface area contributed by atoms with E-state index < -0.39 is 34.6 Å². The third-order valence-corrected chi connectivity index (χ3v) is 2.69. The molecule has 0 aliphatic rings. The van der Waals surface area contributed by atoms with Crippen LogP contribution in [-0.2, 0) is 5.92 Å². The van der Waals surface area contributed by atoms with Crippen molar-refractivity contribution in [2.75, 3.05) is 0 Å². The molecule has 6 heteroatoms. The van der Waals surface area contributed by atoms with Crippen molar-refractivity contribution in [2.45, 2.75) is 40.5 Å². The van der Waals surface area contributed by atoms with Crippen molar-refractivity contribution < 1.29 is 22.4 Å². The molecule has 0 aliphatic heterocycles. The van der Waals surface area contributed by atoms with Gasteiger partial charge < -0.3 is 0 Å². The van der Waals surface area contributed by atoms with Crippen LogP contribution in [0.1, 0.15) is 49.3 Å². The molecule has 0 saturated carbocycles. The monoisotopic (exact) mass is 343 g/mol. The van der Waals surface area contributed by atoms with E-state index in [9.17, 15) is 22.4 Å². The zero-order valence-corrected chi connectivity index (χ0v) is 14.3. The summed E-state index contributed by atoms with van der Waals surface area (Å²) in [6.07, 6.45) is 1.18. The Morgan fingerprint density at radius 1 is 1.00 bits per heavy atom. The molecule has 0 spiro atoms. The summed E-state index contributed by atoms with van der Waals surface area (Å²) in [4.78, 5) is 15.2. The summed E-state index contributed by atoms with van der Waals surface area (Å²) in [5.41, 5.74) is -1.01. The molecule has 0 amide bonds. The van der Waals surface area contributed by atoms with Crippen LogP contribution in [0.25, 0.3) is 0 Å². The van der Waals surface area contributed by atoms with Crippen molar-refractivity contribution in [3.8, 4) is 0 Å². The fourth-order valence-electron chi connectivity index (χ4n) is 1.61. The number of benzene rings is 1.